The molecule has 0 aliphatic carbocycles. The van der Waals surface area contributed by atoms with Gasteiger partial charge in [-0.2, -0.15) is 0 Å². The van der Waals surface area contributed by atoms with Crippen LogP contribution in [0.3, 0.4) is 0 Å². The summed E-state index contributed by atoms with van der Waals surface area (Å²) in [4.78, 5) is 40.3. The first-order valence-corrected chi connectivity index (χ1v) is 12.8. The van der Waals surface area contributed by atoms with E-state index in [1.165, 1.54) is 24.7 Å². The van der Waals surface area contributed by atoms with Crippen molar-refractivity contribution >= 4 is 55.8 Å². The van der Waals surface area contributed by atoms with Crippen LogP contribution >= 0.6 is 15.9 Å². The van der Waals surface area contributed by atoms with E-state index >= 15 is 0 Å². The molecule has 0 unspecified atom stereocenters. The Morgan fingerprint density at radius 3 is 2.80 bits per heavy atom. The smallest absolute Gasteiger partial charge is 0.358 e. The maximum Gasteiger partial charge on any atom is 0.369 e. The number of fused-ring (bicyclic) bond motifs is 1. The van der Waals surface area contributed by atoms with Gasteiger partial charge in [-0.25, -0.2) is 19.3 Å². The number of nitrogens with zero attached hydrogens (tertiary/aromatic N) is 6. The van der Waals surface area contributed by atoms with E-state index in [1.54, 1.807) is 31.2 Å². The van der Waals surface area contributed by atoms with Gasteiger partial charge in [-0.3, -0.25) is 4.79 Å². The van der Waals surface area contributed by atoms with Crippen molar-refractivity contribution in [3.05, 3.63) is 80.7 Å². The monoisotopic (exact) mass is 607 g/mol. The van der Waals surface area contributed by atoms with Crippen LogP contribution in [0.15, 0.2) is 69.8 Å². The molecule has 1 aromatic carbocycles. The Morgan fingerprint density at radius 2 is 2.08 bits per heavy atom. The minimum absolute atomic E-state index is 0.156. The van der Waals surface area contributed by atoms with Gasteiger partial charge in [0.2, 0.25) is 11.6 Å². The summed E-state index contributed by atoms with van der Waals surface area (Å²) in [5.41, 5.74) is 2.11. The number of carbonyl (C=O) groups excluding carboxylic acids is 1. The molecular formula is C27H25BrFN8O3+. The molecule has 0 bridgehead atoms. The lowest BCUT2D eigenvalue weighted by molar-refractivity contribution is -0.880. The van der Waals surface area contributed by atoms with E-state index in [0.717, 1.165) is 0 Å². The van der Waals surface area contributed by atoms with Gasteiger partial charge in [0, 0.05) is 17.1 Å². The highest BCUT2D eigenvalue weighted by molar-refractivity contribution is 9.10. The number of nitrogens with one attached hydrogen (secondary N) is 2. The number of hydrogen-bond donors (Lipinski definition) is 2. The Kier molecular flexibility index (Phi) is 8.61. The molecule has 0 saturated heterocycles. The molecule has 3 heterocycles. The van der Waals surface area contributed by atoms with Crippen molar-refractivity contribution in [2.24, 2.45) is 4.99 Å². The van der Waals surface area contributed by atoms with Crippen LogP contribution in [0.5, 0.6) is 0 Å². The molecule has 204 valence electrons. The van der Waals surface area contributed by atoms with Gasteiger partial charge in [-0.15, -0.1) is 0 Å². The average Bonchev–Trinajstić information content (AvgIpc) is 3.28. The van der Waals surface area contributed by atoms with Gasteiger partial charge in [0.25, 0.3) is 0 Å². The van der Waals surface area contributed by atoms with Crippen molar-refractivity contribution in [3.63, 3.8) is 0 Å². The molecule has 2 N–H and O–H groups in total. The maximum absolute atomic E-state index is 13.9. The predicted octanol–water partition coefficient (Wildman–Crippen LogP) is 4.60. The number of pyridine rings is 1. The van der Waals surface area contributed by atoms with Crippen molar-refractivity contribution in [1.29, 1.82) is 0 Å². The molecular weight excluding hydrogens is 583 g/mol. The minimum atomic E-state index is -0.483. The first kappa shape index (κ1) is 28.5. The number of aliphatic imine (C=N–C) groups is 1. The van der Waals surface area contributed by atoms with E-state index in [9.17, 15) is 19.3 Å². The van der Waals surface area contributed by atoms with Crippen LogP contribution in [0.2, 0.25) is 0 Å². The van der Waals surface area contributed by atoms with Gasteiger partial charge < -0.3 is 25.2 Å². The number of amides is 1. The largest absolute Gasteiger partial charge is 0.369 e. The lowest BCUT2D eigenvalue weighted by Crippen LogP contribution is -2.41. The summed E-state index contributed by atoms with van der Waals surface area (Å²) in [6, 6.07) is 6.24. The molecule has 2 aromatic heterocycles. The summed E-state index contributed by atoms with van der Waals surface area (Å²) in [5, 5.41) is 17.8. The molecule has 1 aliphatic rings. The molecule has 1 aliphatic heterocycles. The quantitative estimate of drug-likeness (QED) is 0.119. The number of aromatic nitrogens is 3. The van der Waals surface area contributed by atoms with Crippen LogP contribution in [0.4, 0.5) is 21.7 Å². The summed E-state index contributed by atoms with van der Waals surface area (Å²) in [6.07, 6.45) is 6.30. The van der Waals surface area contributed by atoms with Gasteiger partial charge in [0.05, 0.1) is 48.8 Å². The summed E-state index contributed by atoms with van der Waals surface area (Å²) in [6.45, 7) is 2.48. The van der Waals surface area contributed by atoms with Crippen molar-refractivity contribution in [3.8, 4) is 11.8 Å². The summed E-state index contributed by atoms with van der Waals surface area (Å²) >= 11 is 3.13. The predicted molar refractivity (Wildman–Crippen MR) is 154 cm³/mol. The van der Waals surface area contributed by atoms with Crippen LogP contribution in [-0.4, -0.2) is 63.2 Å². The standard InChI is InChI=1S/C27H24BrFN8O3/c1-4-6-18-11-17(27(34-18)36(39)40)15-37(2,3)10-5-7-25(38)35-24-13-20-23(14-30-24)31-16-32-26(20)33-19-8-9-21(28)22(29)12-19/h5,7-9,12-14,16H,10-11,15H2,1-3H3,(H-,30,31,32,33,35,38)/p+1/b7-5+. The van der Waals surface area contributed by atoms with Crippen LogP contribution in [0, 0.1) is 27.8 Å². The molecule has 0 spiro atoms. The highest BCUT2D eigenvalue weighted by Crippen LogP contribution is 2.27. The third kappa shape index (κ3) is 7.10. The van der Waals surface area contributed by atoms with Crippen molar-refractivity contribution in [2.45, 2.75) is 13.3 Å². The van der Waals surface area contributed by atoms with Crippen LogP contribution < -0.4 is 10.6 Å². The van der Waals surface area contributed by atoms with Gasteiger partial charge >= 0.3 is 5.82 Å². The first-order chi connectivity index (χ1) is 19.0. The molecule has 0 saturated carbocycles. The fourth-order valence-electron chi connectivity index (χ4n) is 4.07. The first-order valence-electron chi connectivity index (χ1n) is 12.0. The molecule has 13 heteroatoms. The number of quaternary nitrogens is 1. The molecule has 11 nitrogen and oxygen atoms in total. The number of hydrogen-bond acceptors (Lipinski definition) is 8. The minimum Gasteiger partial charge on any atom is -0.358 e. The molecule has 0 radical (unpaired) electrons. The zero-order valence-electron chi connectivity index (χ0n) is 21.9. The number of halogens is 2. The van der Waals surface area contributed by atoms with E-state index in [4.69, 9.17) is 0 Å². The third-order valence-electron chi connectivity index (χ3n) is 5.82. The van der Waals surface area contributed by atoms with Gasteiger partial charge in [-0.1, -0.05) is 5.92 Å². The van der Waals surface area contributed by atoms with Crippen LogP contribution in [0.1, 0.15) is 13.3 Å². The zero-order chi connectivity index (χ0) is 28.9. The number of nitro groups is 1. The van der Waals surface area contributed by atoms with Crippen molar-refractivity contribution in [1.82, 2.24) is 15.0 Å². The van der Waals surface area contributed by atoms with Crippen LogP contribution in [0.25, 0.3) is 10.9 Å². The van der Waals surface area contributed by atoms with E-state index in [1.807, 2.05) is 14.1 Å². The Labute approximate surface area is 237 Å². The Bertz CT molecular complexity index is 1660. The molecule has 3 aromatic rings. The van der Waals surface area contributed by atoms with E-state index < -0.39 is 16.6 Å². The molecule has 0 fully saturated rings. The van der Waals surface area contributed by atoms with Crippen LogP contribution in [-0.2, 0) is 4.79 Å². The Morgan fingerprint density at radius 1 is 1.27 bits per heavy atom. The number of anilines is 3. The summed E-state index contributed by atoms with van der Waals surface area (Å²) in [7, 11) is 3.82. The topological polar surface area (TPSA) is 135 Å². The number of carbonyl (C=O) groups is 1. The highest BCUT2D eigenvalue weighted by atomic mass is 79.9. The molecule has 4 rings (SSSR count). The molecule has 0 atom stereocenters. The molecule has 1 amide bonds. The maximum atomic E-state index is 13.9. The number of likely N-dealkylation sites (N-methyl/N-ethyl adjacent to an activating group) is 1. The second-order valence-corrected chi connectivity index (χ2v) is 10.4. The van der Waals surface area contributed by atoms with Gasteiger partial charge in [0.15, 0.2) is 0 Å². The fraction of sp³-hybridized carbons (Fsp3) is 0.222. The zero-order valence-corrected chi connectivity index (χ0v) is 23.5. The fourth-order valence-corrected chi connectivity index (χ4v) is 4.32. The van der Waals surface area contributed by atoms with E-state index in [-0.39, 0.29) is 11.6 Å². The second-order valence-electron chi connectivity index (χ2n) is 9.53. The Balaban J connectivity index is 1.41. The summed E-state index contributed by atoms with van der Waals surface area (Å²) < 4.78 is 14.7. The third-order valence-corrected chi connectivity index (χ3v) is 6.47. The normalized spacial score (nSPS) is 13.3. The SMILES string of the molecule is CC#CC1=NC([N+](=O)[O-])=C(C[N+](C)(C)C/C=C/C(=O)Nc2cc3c(Nc4ccc(Br)c(F)c4)ncnc3cn2)C1. The lowest BCUT2D eigenvalue weighted by Gasteiger charge is -2.28. The van der Waals surface area contributed by atoms with Crippen molar-refractivity contribution in [2.75, 3.05) is 37.8 Å². The van der Waals surface area contributed by atoms with E-state index in [0.29, 0.717) is 62.2 Å². The van der Waals surface area contributed by atoms with E-state index in [2.05, 4.69) is 58.3 Å². The lowest BCUT2D eigenvalue weighted by atomic mass is 10.1. The highest BCUT2D eigenvalue weighted by Gasteiger charge is 2.32. The van der Waals surface area contributed by atoms with Gasteiger partial charge in [0.1, 0.15) is 30.3 Å². The number of benzene rings is 1. The van der Waals surface area contributed by atoms with Gasteiger partial charge in [-0.05, 0) is 69.0 Å². The van der Waals surface area contributed by atoms with Crippen molar-refractivity contribution < 1.29 is 18.6 Å². The molecule has 40 heavy (non-hydrogen) atoms. The summed E-state index contributed by atoms with van der Waals surface area (Å²) in [5.74, 6) is 5.25. The number of rotatable bonds is 9. The second kappa shape index (κ2) is 12.1. The average molecular weight is 608 g/mol. The Hall–Kier alpha value is -4.54.